The molecule has 21 heteroatoms. The van der Waals surface area contributed by atoms with Crippen LogP contribution in [-0.2, 0) is 9.53 Å². The average Bonchev–Trinajstić information content (AvgIpc) is 2.72. The van der Waals surface area contributed by atoms with Gasteiger partial charge in [-0.3, -0.25) is 4.79 Å². The first-order valence-corrected chi connectivity index (χ1v) is 8.62. The predicted octanol–water partition coefficient (Wildman–Crippen LogP) is 5.71. The molecule has 1 saturated heterocycles. The minimum Gasteiger partial charge on any atom is -0.378 e. The van der Waals surface area contributed by atoms with Gasteiger partial charge < -0.3 is 9.64 Å². The van der Waals surface area contributed by atoms with Crippen molar-refractivity contribution in [3.63, 3.8) is 0 Å². The van der Waals surface area contributed by atoms with E-state index in [0.717, 1.165) is 0 Å². The molecule has 1 aliphatic rings. The molecule has 0 unspecified atom stereocenters. The molecular formula is C15H9F18NO2. The fraction of sp³-hybridized carbons (Fsp3) is 0.800. The van der Waals surface area contributed by atoms with Gasteiger partial charge in [0.05, 0.1) is 13.2 Å². The van der Waals surface area contributed by atoms with Crippen LogP contribution in [-0.4, -0.2) is 84.7 Å². The van der Waals surface area contributed by atoms with Crippen LogP contribution in [0.15, 0.2) is 11.9 Å². The number of amides is 1. The Kier molecular flexibility index (Phi) is 8.01. The van der Waals surface area contributed by atoms with E-state index in [2.05, 4.69) is 4.74 Å². The monoisotopic (exact) mass is 577 g/mol. The van der Waals surface area contributed by atoms with Crippen molar-refractivity contribution in [1.29, 1.82) is 0 Å². The summed E-state index contributed by atoms with van der Waals surface area (Å²) < 4.78 is 242. The first kappa shape index (κ1) is 31.9. The first-order chi connectivity index (χ1) is 15.7. The molecule has 36 heavy (non-hydrogen) atoms. The minimum atomic E-state index is -8.82. The molecule has 1 fully saturated rings. The Bertz CT molecular complexity index is 855. The molecule has 212 valence electrons. The van der Waals surface area contributed by atoms with Gasteiger partial charge in [-0.05, 0) is 0 Å². The van der Waals surface area contributed by atoms with Gasteiger partial charge in [0.2, 0.25) is 5.91 Å². The molecule has 1 amide bonds. The maximum absolute atomic E-state index is 13.7. The van der Waals surface area contributed by atoms with E-state index in [1.54, 1.807) is 0 Å². The highest BCUT2D eigenvalue weighted by molar-refractivity contribution is 5.88. The first-order valence-electron chi connectivity index (χ1n) is 8.62. The number of carbonyl (C=O) groups excluding carboxylic acids is 1. The Balaban J connectivity index is 3.56. The van der Waals surface area contributed by atoms with E-state index in [1.807, 2.05) is 0 Å². The van der Waals surface area contributed by atoms with Gasteiger partial charge in [-0.1, -0.05) is 0 Å². The highest BCUT2D eigenvalue weighted by Crippen LogP contribution is 2.64. The number of alkyl halides is 17. The molecule has 0 atom stereocenters. The van der Waals surface area contributed by atoms with Gasteiger partial charge in [0.1, 0.15) is 0 Å². The summed E-state index contributed by atoms with van der Waals surface area (Å²) in [6, 6.07) is 0. The maximum Gasteiger partial charge on any atom is 0.460 e. The molecule has 1 aliphatic heterocycles. The molecule has 0 N–H and O–H groups in total. The molecule has 1 rings (SSSR count). The number of morpholine rings is 1. The second kappa shape index (κ2) is 9.03. The van der Waals surface area contributed by atoms with Gasteiger partial charge in [-0.15, -0.1) is 0 Å². The Hall–Kier alpha value is -2.09. The van der Waals surface area contributed by atoms with Crippen molar-refractivity contribution in [3.8, 4) is 0 Å². The zero-order valence-corrected chi connectivity index (χ0v) is 16.5. The van der Waals surface area contributed by atoms with E-state index in [0.29, 0.717) is 4.90 Å². The number of hydrogen-bond acceptors (Lipinski definition) is 2. The second-order valence-corrected chi connectivity index (χ2v) is 6.95. The summed E-state index contributed by atoms with van der Waals surface area (Å²) in [6.07, 6.45) is -9.05. The Morgan fingerprint density at radius 3 is 1.28 bits per heavy atom. The lowest BCUT2D eigenvalue weighted by Crippen LogP contribution is -2.74. The van der Waals surface area contributed by atoms with Crippen molar-refractivity contribution >= 4 is 5.91 Å². The zero-order chi connectivity index (χ0) is 29.0. The van der Waals surface area contributed by atoms with Crippen LogP contribution in [0.25, 0.3) is 0 Å². The third-order valence-electron chi connectivity index (χ3n) is 4.59. The molecule has 1 heterocycles. The number of hydrogen-bond donors (Lipinski definition) is 0. The van der Waals surface area contributed by atoms with Crippen LogP contribution in [0.2, 0.25) is 0 Å². The fourth-order valence-corrected chi connectivity index (χ4v) is 2.39. The summed E-state index contributed by atoms with van der Waals surface area (Å²) in [4.78, 5) is 11.9. The average molecular weight is 577 g/mol. The van der Waals surface area contributed by atoms with Crippen LogP contribution in [0.4, 0.5) is 79.0 Å². The number of rotatable bonds is 8. The topological polar surface area (TPSA) is 29.5 Å². The van der Waals surface area contributed by atoms with Crippen molar-refractivity contribution in [2.75, 3.05) is 26.3 Å². The molecule has 0 aliphatic carbocycles. The SMILES string of the molecule is O=C(/C=C(\F)C(F)(F)C(F)(F)C(F)(F)C(F)(F)C(F)(F)C(F)(F)C(F)(F)C(F)(F)F)N1CCOCC1. The lowest BCUT2D eigenvalue weighted by atomic mass is 9.88. The summed E-state index contributed by atoms with van der Waals surface area (Å²) in [5.74, 6) is -64.9. The van der Waals surface area contributed by atoms with E-state index in [-0.39, 0.29) is 13.2 Å². The van der Waals surface area contributed by atoms with Crippen molar-refractivity contribution < 1.29 is 88.6 Å². The minimum absolute atomic E-state index is 0.343. The number of allylic oxidation sites excluding steroid dienone is 1. The van der Waals surface area contributed by atoms with Crippen LogP contribution in [0.3, 0.4) is 0 Å². The van der Waals surface area contributed by atoms with E-state index < -0.39 is 78.5 Å². The summed E-state index contributed by atoms with van der Waals surface area (Å²) >= 11 is 0. The van der Waals surface area contributed by atoms with E-state index in [1.165, 1.54) is 0 Å². The lowest BCUT2D eigenvalue weighted by molar-refractivity contribution is -0.460. The van der Waals surface area contributed by atoms with Crippen LogP contribution in [0.5, 0.6) is 0 Å². The molecule has 0 bridgehead atoms. The number of carbonyl (C=O) groups is 1. The largest absolute Gasteiger partial charge is 0.460 e. The van der Waals surface area contributed by atoms with Crippen molar-refractivity contribution in [3.05, 3.63) is 11.9 Å². The quantitative estimate of drug-likeness (QED) is 0.274. The third-order valence-corrected chi connectivity index (χ3v) is 4.59. The molecule has 0 spiro atoms. The van der Waals surface area contributed by atoms with Gasteiger partial charge in [0, 0.05) is 19.2 Å². The fourth-order valence-electron chi connectivity index (χ4n) is 2.39. The van der Waals surface area contributed by atoms with E-state index in [4.69, 9.17) is 0 Å². The predicted molar refractivity (Wildman–Crippen MR) is 77.3 cm³/mol. The molecule has 0 saturated carbocycles. The molecule has 3 nitrogen and oxygen atoms in total. The normalized spacial score (nSPS) is 18.5. The molecule has 0 aromatic rings. The third kappa shape index (κ3) is 4.44. The van der Waals surface area contributed by atoms with Crippen LogP contribution < -0.4 is 0 Å². The van der Waals surface area contributed by atoms with Crippen molar-refractivity contribution in [2.24, 2.45) is 0 Å². The van der Waals surface area contributed by atoms with Gasteiger partial charge >= 0.3 is 47.6 Å². The maximum atomic E-state index is 13.7. The van der Waals surface area contributed by atoms with Crippen LogP contribution >= 0.6 is 0 Å². The molecule has 0 aromatic heterocycles. The van der Waals surface area contributed by atoms with E-state index in [9.17, 15) is 83.8 Å². The summed E-state index contributed by atoms with van der Waals surface area (Å²) in [6.45, 7) is -1.76. The Morgan fingerprint density at radius 1 is 0.583 bits per heavy atom. The van der Waals surface area contributed by atoms with E-state index >= 15 is 0 Å². The van der Waals surface area contributed by atoms with Gasteiger partial charge in [-0.2, -0.15) is 74.6 Å². The lowest BCUT2D eigenvalue weighted by Gasteiger charge is -2.42. The number of ether oxygens (including phenoxy) is 1. The Labute approximate surface area is 186 Å². The summed E-state index contributed by atoms with van der Waals surface area (Å²) in [5.41, 5.74) is 0. The van der Waals surface area contributed by atoms with Crippen molar-refractivity contribution in [2.45, 2.75) is 47.6 Å². The Morgan fingerprint density at radius 2 is 0.917 bits per heavy atom. The molecular weight excluding hydrogens is 568 g/mol. The van der Waals surface area contributed by atoms with Gasteiger partial charge in [0.15, 0.2) is 5.83 Å². The molecule has 0 aromatic carbocycles. The van der Waals surface area contributed by atoms with Gasteiger partial charge in [0.25, 0.3) is 0 Å². The van der Waals surface area contributed by atoms with Crippen LogP contribution in [0.1, 0.15) is 0 Å². The summed E-state index contributed by atoms with van der Waals surface area (Å²) in [7, 11) is 0. The molecule has 0 radical (unpaired) electrons. The van der Waals surface area contributed by atoms with Crippen molar-refractivity contribution in [1.82, 2.24) is 4.90 Å². The smallest absolute Gasteiger partial charge is 0.378 e. The van der Waals surface area contributed by atoms with Gasteiger partial charge in [-0.25, -0.2) is 4.39 Å². The van der Waals surface area contributed by atoms with Crippen LogP contribution in [0, 0.1) is 0 Å². The number of nitrogens with zero attached hydrogens (tertiary/aromatic N) is 1. The zero-order valence-electron chi connectivity index (χ0n) is 16.5. The standard InChI is InChI=1S/C15H9F18NO2/c16-6(5-7(35)34-1-3-36-4-2-34)8(17,18)9(19,20)10(21,22)11(23,24)12(25,26)13(27,28)14(29,30)15(31,32)33/h5H,1-4H2/b6-5-. The highest BCUT2D eigenvalue weighted by Gasteiger charge is 2.95. The highest BCUT2D eigenvalue weighted by atomic mass is 19.4. The second-order valence-electron chi connectivity index (χ2n) is 6.95. The summed E-state index contributed by atoms with van der Waals surface area (Å²) in [5, 5.41) is 0. The number of halogens is 18.